The summed E-state index contributed by atoms with van der Waals surface area (Å²) in [5.41, 5.74) is 17.2. The molecule has 0 atom stereocenters. The number of halogens is 1. The van der Waals surface area contributed by atoms with Crippen molar-refractivity contribution in [3.8, 4) is 11.3 Å². The third-order valence-corrected chi connectivity index (χ3v) is 11.4. The fourth-order valence-electron chi connectivity index (χ4n) is 4.41. The predicted molar refractivity (Wildman–Crippen MR) is 200 cm³/mol. The number of nitrogens with zero attached hydrogens (tertiary/aromatic N) is 2. The lowest BCUT2D eigenvalue weighted by atomic mass is 9.79. The molecule has 2 aromatic heterocycles. The summed E-state index contributed by atoms with van der Waals surface area (Å²) in [7, 11) is -5.24. The molecule has 4 N–H and O–H groups in total. The minimum absolute atomic E-state index is 0.388. The summed E-state index contributed by atoms with van der Waals surface area (Å²) in [5, 5.41) is 1.41. The highest BCUT2D eigenvalue weighted by atomic mass is 79.9. The number of anilines is 2. The van der Waals surface area contributed by atoms with Gasteiger partial charge >= 0.3 is 7.12 Å². The first kappa shape index (κ1) is 37.7. The van der Waals surface area contributed by atoms with E-state index in [-0.39, 0.29) is 11.2 Å². The fraction of sp³-hybridized carbons (Fsp3) is 0.353. The quantitative estimate of drug-likeness (QED) is 0.101. The van der Waals surface area contributed by atoms with Gasteiger partial charge in [0.25, 0.3) is 0 Å². The number of hydrogen-bond acceptors (Lipinski definition) is 8. The molecule has 1 fully saturated rings. The van der Waals surface area contributed by atoms with Crippen LogP contribution in [0.5, 0.6) is 0 Å². The van der Waals surface area contributed by atoms with Crippen molar-refractivity contribution >= 4 is 64.8 Å². The maximum atomic E-state index is 12.3. The third-order valence-electron chi connectivity index (χ3n) is 7.85. The van der Waals surface area contributed by atoms with Crippen molar-refractivity contribution in [3.05, 3.63) is 88.8 Å². The minimum Gasteiger partial charge on any atom is -0.399 e. The molecular weight excluding hydrogens is 681 g/mol. The van der Waals surface area contributed by atoms with Gasteiger partial charge in [0.2, 0.25) is 0 Å². The van der Waals surface area contributed by atoms with Crippen molar-refractivity contribution in [3.63, 3.8) is 0 Å². The molecule has 1 aliphatic rings. The van der Waals surface area contributed by atoms with Crippen molar-refractivity contribution in [2.45, 2.75) is 52.7 Å². The molecule has 0 unspecified atom stereocenters. The molecule has 1 aliphatic heterocycles. The highest BCUT2D eigenvalue weighted by Gasteiger charge is 2.51. The van der Waals surface area contributed by atoms with Gasteiger partial charge in [-0.3, -0.25) is 4.98 Å². The summed E-state index contributed by atoms with van der Waals surface area (Å²) in [4.78, 5) is 8.37. The van der Waals surface area contributed by atoms with E-state index in [0.29, 0.717) is 16.7 Å². The second-order valence-electron chi connectivity index (χ2n) is 13.3. The van der Waals surface area contributed by atoms with Gasteiger partial charge < -0.3 is 29.9 Å². The maximum Gasteiger partial charge on any atom is 0.494 e. The van der Waals surface area contributed by atoms with Gasteiger partial charge in [-0.25, -0.2) is 4.98 Å². The van der Waals surface area contributed by atoms with E-state index >= 15 is 0 Å². The Bertz CT molecular complexity index is 1720. The molecule has 3 heterocycles. The van der Waals surface area contributed by atoms with E-state index in [4.69, 9.17) is 20.8 Å². The van der Waals surface area contributed by atoms with E-state index in [1.54, 1.807) is 38.8 Å². The number of aromatic nitrogens is 2. The van der Waals surface area contributed by atoms with Gasteiger partial charge in [-0.2, -0.15) is 0 Å². The van der Waals surface area contributed by atoms with Crippen molar-refractivity contribution in [2.75, 3.05) is 38.1 Å². The molecule has 8 nitrogen and oxygen atoms in total. The molecule has 1 saturated heterocycles. The SMILES string of the molecule is CC1(C)OB(c2ccc(N)c(P(C)(C)=O)c2)OC1(C)C.Cc1ccc(-c2ccc(N)c(P(C)(C)=O)c2)nc1.Cc1ccc(Br)nc1. The third kappa shape index (κ3) is 9.89. The molecule has 12 heteroatoms. The molecule has 246 valence electrons. The molecule has 0 aliphatic carbocycles. The van der Waals surface area contributed by atoms with Gasteiger partial charge in [-0.1, -0.05) is 24.3 Å². The molecule has 0 saturated carbocycles. The summed E-state index contributed by atoms with van der Waals surface area (Å²) < 4.78 is 37.4. The Morgan fingerprint density at radius 2 is 1.17 bits per heavy atom. The average molecular weight is 727 g/mol. The van der Waals surface area contributed by atoms with Gasteiger partial charge in [0.05, 0.1) is 16.9 Å². The molecule has 0 spiro atoms. The van der Waals surface area contributed by atoms with Crippen LogP contribution in [0.2, 0.25) is 0 Å². The van der Waals surface area contributed by atoms with Crippen LogP contribution in [0.1, 0.15) is 38.8 Å². The van der Waals surface area contributed by atoms with Crippen LogP contribution in [0, 0.1) is 13.8 Å². The Kier molecular flexibility index (Phi) is 12.0. The lowest BCUT2D eigenvalue weighted by Gasteiger charge is -2.32. The number of hydrogen-bond donors (Lipinski definition) is 2. The van der Waals surface area contributed by atoms with E-state index in [2.05, 4.69) is 25.9 Å². The van der Waals surface area contributed by atoms with Crippen LogP contribution >= 0.6 is 30.2 Å². The predicted octanol–water partition coefficient (Wildman–Crippen LogP) is 6.86. The molecule has 46 heavy (non-hydrogen) atoms. The van der Waals surface area contributed by atoms with Gasteiger partial charge in [0.1, 0.15) is 18.9 Å². The molecule has 0 bridgehead atoms. The monoisotopic (exact) mass is 726 g/mol. The molecular formula is C34H46BBrN4O4P2. The Labute approximate surface area is 283 Å². The second kappa shape index (κ2) is 14.6. The summed E-state index contributed by atoms with van der Waals surface area (Å²) >= 11 is 3.23. The largest absolute Gasteiger partial charge is 0.494 e. The van der Waals surface area contributed by atoms with Crippen molar-refractivity contribution < 1.29 is 18.4 Å². The zero-order valence-electron chi connectivity index (χ0n) is 28.5. The lowest BCUT2D eigenvalue weighted by Crippen LogP contribution is -2.41. The van der Waals surface area contributed by atoms with E-state index in [9.17, 15) is 9.13 Å². The zero-order chi connectivity index (χ0) is 34.7. The van der Waals surface area contributed by atoms with Gasteiger partial charge in [-0.05, 0) is 137 Å². The second-order valence-corrected chi connectivity index (χ2v) is 20.4. The summed E-state index contributed by atoms with van der Waals surface area (Å²) in [6.07, 6.45) is 3.65. The maximum absolute atomic E-state index is 12.3. The summed E-state index contributed by atoms with van der Waals surface area (Å²) in [5.74, 6) is 0. The van der Waals surface area contributed by atoms with Crippen LogP contribution in [0.3, 0.4) is 0 Å². The van der Waals surface area contributed by atoms with Crippen molar-refractivity contribution in [1.82, 2.24) is 9.97 Å². The Balaban J connectivity index is 0.000000204. The van der Waals surface area contributed by atoms with Crippen LogP contribution in [-0.2, 0) is 18.4 Å². The molecule has 0 radical (unpaired) electrons. The number of nitrogen functional groups attached to an aromatic ring is 2. The first-order valence-electron chi connectivity index (χ1n) is 14.9. The van der Waals surface area contributed by atoms with Gasteiger partial charge in [0.15, 0.2) is 0 Å². The Morgan fingerprint density at radius 3 is 1.61 bits per heavy atom. The topological polar surface area (TPSA) is 130 Å². The summed E-state index contributed by atoms with van der Waals surface area (Å²) in [6.45, 7) is 18.9. The standard InChI is InChI=1S/C14H23BNO3P.C14H17N2OP.C6H6BrN/c1-13(2)14(3,4)19-15(18-13)10-7-8-11(16)12(9-10)20(5,6)17;1-10-4-7-13(16-9-10)11-5-6-12(15)14(8-11)18(2,3)17;1-5-2-3-6(7)8-4-5/h7-9H,16H2,1-6H3;4-9H,15H2,1-3H3;2-4H,1H3. The number of pyridine rings is 2. The van der Waals surface area contributed by atoms with Crippen molar-refractivity contribution in [1.29, 1.82) is 0 Å². The number of benzene rings is 2. The fourth-order valence-corrected chi connectivity index (χ4v) is 6.95. The highest BCUT2D eigenvalue weighted by molar-refractivity contribution is 9.10. The number of rotatable bonds is 4. The van der Waals surface area contributed by atoms with Crippen molar-refractivity contribution in [2.24, 2.45) is 0 Å². The van der Waals surface area contributed by atoms with E-state index in [0.717, 1.165) is 32.2 Å². The van der Waals surface area contributed by atoms with Gasteiger partial charge in [-0.15, -0.1) is 0 Å². The molecule has 4 aromatic rings. The molecule has 5 rings (SSSR count). The van der Waals surface area contributed by atoms with Crippen LogP contribution in [0.4, 0.5) is 11.4 Å². The Hall–Kier alpha value is -2.74. The van der Waals surface area contributed by atoms with Crippen LogP contribution in [-0.4, -0.2) is 54.9 Å². The highest BCUT2D eigenvalue weighted by Crippen LogP contribution is 2.39. The van der Waals surface area contributed by atoms with Crippen LogP contribution in [0.25, 0.3) is 11.3 Å². The van der Waals surface area contributed by atoms with E-state index in [1.807, 2.05) is 102 Å². The number of aryl methyl sites for hydroxylation is 2. The lowest BCUT2D eigenvalue weighted by molar-refractivity contribution is 0.00578. The number of nitrogens with two attached hydrogens (primary N) is 2. The normalized spacial score (nSPS) is 15.3. The summed E-state index contributed by atoms with van der Waals surface area (Å²) in [6, 6.07) is 19.0. The first-order valence-corrected chi connectivity index (χ1v) is 20.9. The molecule has 2 aromatic carbocycles. The smallest absolute Gasteiger partial charge is 0.399 e. The first-order chi connectivity index (χ1) is 21.1. The minimum atomic E-state index is -2.42. The average Bonchev–Trinajstić information content (AvgIpc) is 3.17. The van der Waals surface area contributed by atoms with Crippen LogP contribution in [0.15, 0.2) is 77.7 Å². The van der Waals surface area contributed by atoms with E-state index < -0.39 is 21.4 Å². The van der Waals surface area contributed by atoms with Gasteiger partial charge in [0, 0.05) is 39.9 Å². The Morgan fingerprint density at radius 1 is 0.696 bits per heavy atom. The molecule has 0 amide bonds. The zero-order valence-corrected chi connectivity index (χ0v) is 31.8. The van der Waals surface area contributed by atoms with Crippen LogP contribution < -0.4 is 27.5 Å². The van der Waals surface area contributed by atoms with E-state index in [1.165, 1.54) is 5.56 Å².